The third-order valence-corrected chi connectivity index (χ3v) is 5.24. The first-order valence-electron chi connectivity index (χ1n) is 9.21. The van der Waals surface area contributed by atoms with Gasteiger partial charge in [0.1, 0.15) is 11.3 Å². The summed E-state index contributed by atoms with van der Waals surface area (Å²) in [5, 5.41) is 5.03. The van der Waals surface area contributed by atoms with Gasteiger partial charge in [-0.05, 0) is 35.5 Å². The van der Waals surface area contributed by atoms with E-state index in [0.29, 0.717) is 27.5 Å². The number of anilines is 2. The molecule has 0 bridgehead atoms. The lowest BCUT2D eigenvalue weighted by molar-refractivity contribution is -0.115. The van der Waals surface area contributed by atoms with Gasteiger partial charge in [-0.3, -0.25) is 19.7 Å². The summed E-state index contributed by atoms with van der Waals surface area (Å²) in [6.45, 7) is 5.60. The first-order chi connectivity index (χ1) is 14.2. The highest BCUT2D eigenvalue weighted by Crippen LogP contribution is 2.28. The minimum absolute atomic E-state index is 0.00936. The number of carbonyl (C=O) groups is 3. The van der Waals surface area contributed by atoms with Gasteiger partial charge in [0.05, 0.1) is 16.7 Å². The Bertz CT molecular complexity index is 1210. The Morgan fingerprint density at radius 1 is 1.17 bits per heavy atom. The van der Waals surface area contributed by atoms with E-state index in [0.717, 1.165) is 23.0 Å². The molecule has 4 rings (SSSR count). The van der Waals surface area contributed by atoms with Crippen LogP contribution in [-0.4, -0.2) is 31.9 Å². The molecule has 8 nitrogen and oxygen atoms in total. The summed E-state index contributed by atoms with van der Waals surface area (Å²) in [6.07, 6.45) is 4.89. The van der Waals surface area contributed by atoms with E-state index in [-0.39, 0.29) is 16.9 Å². The second-order valence-corrected chi connectivity index (χ2v) is 8.85. The lowest BCUT2D eigenvalue weighted by atomic mass is 9.87. The first kappa shape index (κ1) is 19.8. The van der Waals surface area contributed by atoms with Crippen LogP contribution < -0.4 is 10.6 Å². The zero-order chi connectivity index (χ0) is 21.5. The van der Waals surface area contributed by atoms with Crippen molar-refractivity contribution >= 4 is 57.4 Å². The number of benzene rings is 1. The van der Waals surface area contributed by atoms with Gasteiger partial charge in [-0.15, -0.1) is 0 Å². The predicted molar refractivity (Wildman–Crippen MR) is 117 cm³/mol. The van der Waals surface area contributed by atoms with Crippen molar-refractivity contribution in [2.75, 3.05) is 5.32 Å². The van der Waals surface area contributed by atoms with E-state index in [2.05, 4.69) is 25.6 Å². The molecule has 152 valence electrons. The van der Waals surface area contributed by atoms with Crippen molar-refractivity contribution in [1.29, 1.82) is 0 Å². The van der Waals surface area contributed by atoms with Crippen molar-refractivity contribution in [3.8, 4) is 0 Å². The highest BCUT2D eigenvalue weighted by atomic mass is 32.2. The Morgan fingerprint density at radius 2 is 1.90 bits per heavy atom. The van der Waals surface area contributed by atoms with Crippen LogP contribution in [0.4, 0.5) is 16.3 Å². The summed E-state index contributed by atoms with van der Waals surface area (Å²) in [5.41, 5.74) is 2.62. The van der Waals surface area contributed by atoms with E-state index in [1.807, 2.05) is 45.0 Å². The van der Waals surface area contributed by atoms with Crippen LogP contribution in [0.3, 0.4) is 0 Å². The maximum atomic E-state index is 12.7. The first-order valence-corrected chi connectivity index (χ1v) is 10.0. The molecular weight excluding hydrogens is 402 g/mol. The Morgan fingerprint density at radius 3 is 2.53 bits per heavy atom. The number of hydrogen-bond donors (Lipinski definition) is 3. The molecule has 0 spiro atoms. The van der Waals surface area contributed by atoms with E-state index in [9.17, 15) is 14.4 Å². The molecule has 1 saturated heterocycles. The van der Waals surface area contributed by atoms with Crippen LogP contribution in [-0.2, 0) is 4.79 Å². The van der Waals surface area contributed by atoms with Crippen molar-refractivity contribution in [2.45, 2.75) is 20.8 Å². The molecule has 0 radical (unpaired) electrons. The number of amides is 2. The summed E-state index contributed by atoms with van der Waals surface area (Å²) in [5.74, 6) is 0.111. The fourth-order valence-corrected chi connectivity index (χ4v) is 3.59. The number of fused-ring (bicyclic) bond motifs is 1. The van der Waals surface area contributed by atoms with Gasteiger partial charge >= 0.3 is 0 Å². The smallest absolute Gasteiger partial charge is 0.290 e. The monoisotopic (exact) mass is 421 g/mol. The molecule has 1 aliphatic heterocycles. The zero-order valence-corrected chi connectivity index (χ0v) is 17.4. The van der Waals surface area contributed by atoms with Crippen LogP contribution >= 0.6 is 11.8 Å². The molecule has 0 unspecified atom stereocenters. The number of carbonyl (C=O) groups excluding carboxylic acids is 3. The molecule has 30 heavy (non-hydrogen) atoms. The van der Waals surface area contributed by atoms with Crippen LogP contribution in [0.5, 0.6) is 0 Å². The molecule has 1 aromatic carbocycles. The number of H-pyrrole nitrogens is 1. The van der Waals surface area contributed by atoms with E-state index < -0.39 is 5.41 Å². The number of aromatic amines is 1. The van der Waals surface area contributed by atoms with Gasteiger partial charge in [0, 0.05) is 17.3 Å². The number of rotatable bonds is 4. The zero-order valence-electron chi connectivity index (χ0n) is 16.6. The van der Waals surface area contributed by atoms with E-state index in [1.54, 1.807) is 18.5 Å². The number of ketones is 1. The SMILES string of the molecule is CC(C)(C)C(=O)c1c[nH]c2ncc(Nc3ccc(/C=C4\SC(=O)NC4=O)cc3)nc12. The van der Waals surface area contributed by atoms with E-state index in [4.69, 9.17) is 0 Å². The summed E-state index contributed by atoms with van der Waals surface area (Å²) >= 11 is 0.880. The van der Waals surface area contributed by atoms with Gasteiger partial charge in [-0.25, -0.2) is 9.97 Å². The van der Waals surface area contributed by atoms with E-state index in [1.165, 1.54) is 0 Å². The lowest BCUT2D eigenvalue weighted by Crippen LogP contribution is -2.20. The van der Waals surface area contributed by atoms with Crippen LogP contribution in [0.1, 0.15) is 36.7 Å². The summed E-state index contributed by atoms with van der Waals surface area (Å²) < 4.78 is 0. The Hall–Kier alpha value is -3.46. The normalized spacial score (nSPS) is 15.6. The standard InChI is InChI=1S/C21H19N5O3S/c1-21(2,3)17(27)13-9-22-18-16(13)25-15(10-23-18)24-12-6-4-11(5-7-12)8-14-19(28)26-20(29)30-14/h4-10H,1-3H3,(H,22,23)(H,24,25)(H,26,28,29)/b14-8-. The van der Waals surface area contributed by atoms with Gasteiger partial charge in [0.15, 0.2) is 11.4 Å². The largest absolute Gasteiger partial charge is 0.344 e. The highest BCUT2D eigenvalue weighted by Gasteiger charge is 2.26. The number of Topliss-reactive ketones (excluding diaryl/α,β-unsaturated/α-hetero) is 1. The van der Waals surface area contributed by atoms with Gasteiger partial charge in [-0.2, -0.15) is 0 Å². The van der Waals surface area contributed by atoms with Crippen molar-refractivity contribution in [3.05, 3.63) is 52.7 Å². The molecular formula is C21H19N5O3S. The molecule has 1 aliphatic rings. The lowest BCUT2D eigenvalue weighted by Gasteiger charge is -2.15. The molecule has 9 heteroatoms. The van der Waals surface area contributed by atoms with Crippen LogP contribution in [0.25, 0.3) is 17.2 Å². The number of imide groups is 1. The Kier molecular flexibility index (Phi) is 4.90. The summed E-state index contributed by atoms with van der Waals surface area (Å²) in [6, 6.07) is 7.30. The van der Waals surface area contributed by atoms with Gasteiger partial charge in [0.2, 0.25) is 0 Å². The van der Waals surface area contributed by atoms with Gasteiger partial charge in [-0.1, -0.05) is 32.9 Å². The fourth-order valence-electron chi connectivity index (χ4n) is 2.91. The third-order valence-electron chi connectivity index (χ3n) is 4.43. The second-order valence-electron chi connectivity index (χ2n) is 7.83. The van der Waals surface area contributed by atoms with Crippen molar-refractivity contribution < 1.29 is 14.4 Å². The van der Waals surface area contributed by atoms with Crippen LogP contribution in [0.2, 0.25) is 0 Å². The topological polar surface area (TPSA) is 117 Å². The van der Waals surface area contributed by atoms with Gasteiger partial charge < -0.3 is 10.3 Å². The summed E-state index contributed by atoms with van der Waals surface area (Å²) in [4.78, 5) is 47.8. The van der Waals surface area contributed by atoms with Crippen LogP contribution in [0, 0.1) is 5.41 Å². The molecule has 2 amide bonds. The Labute approximate surface area is 176 Å². The number of nitrogens with one attached hydrogen (secondary N) is 3. The quantitative estimate of drug-likeness (QED) is 0.426. The van der Waals surface area contributed by atoms with Crippen molar-refractivity contribution in [2.24, 2.45) is 5.41 Å². The predicted octanol–water partition coefficient (Wildman–Crippen LogP) is 4.25. The average Bonchev–Trinajstić information content (AvgIpc) is 3.24. The minimum atomic E-state index is -0.524. The van der Waals surface area contributed by atoms with Crippen LogP contribution in [0.15, 0.2) is 41.6 Å². The highest BCUT2D eigenvalue weighted by molar-refractivity contribution is 8.18. The molecule has 3 heterocycles. The maximum Gasteiger partial charge on any atom is 0.290 e. The molecule has 3 N–H and O–H groups in total. The molecule has 2 aromatic heterocycles. The molecule has 1 fully saturated rings. The molecule has 3 aromatic rings. The maximum absolute atomic E-state index is 12.7. The van der Waals surface area contributed by atoms with Gasteiger partial charge in [0.25, 0.3) is 11.1 Å². The summed E-state index contributed by atoms with van der Waals surface area (Å²) in [7, 11) is 0. The van der Waals surface area contributed by atoms with E-state index >= 15 is 0 Å². The number of hydrogen-bond acceptors (Lipinski definition) is 7. The molecule has 0 aliphatic carbocycles. The number of nitrogens with zero attached hydrogens (tertiary/aromatic N) is 2. The Balaban J connectivity index is 1.56. The number of aromatic nitrogens is 3. The second kappa shape index (κ2) is 7.42. The number of thioether (sulfide) groups is 1. The molecule has 0 saturated carbocycles. The van der Waals surface area contributed by atoms with Crippen molar-refractivity contribution in [3.63, 3.8) is 0 Å². The molecule has 0 atom stereocenters. The minimum Gasteiger partial charge on any atom is -0.344 e. The fraction of sp³-hybridized carbons (Fsp3) is 0.190. The average molecular weight is 421 g/mol. The third kappa shape index (κ3) is 3.97. The van der Waals surface area contributed by atoms with Crippen molar-refractivity contribution in [1.82, 2.24) is 20.3 Å².